The van der Waals surface area contributed by atoms with Crippen LogP contribution in [0.1, 0.15) is 24.5 Å². The first kappa shape index (κ1) is 8.77. The topological polar surface area (TPSA) is 29.5 Å². The Morgan fingerprint density at radius 2 is 1.93 bits per heavy atom. The summed E-state index contributed by atoms with van der Waals surface area (Å²) in [5, 5.41) is 0. The molecule has 0 spiro atoms. The second kappa shape index (κ2) is 3.26. The molecule has 3 nitrogen and oxygen atoms in total. The molecule has 1 unspecified atom stereocenters. The Kier molecular flexibility index (Phi) is 1.91. The van der Waals surface area contributed by atoms with Crippen LogP contribution in [0, 0.1) is 0 Å². The van der Waals surface area contributed by atoms with Gasteiger partial charge >= 0.3 is 6.09 Å². The number of cyclic esters (lactones) is 1. The predicted molar refractivity (Wildman–Crippen MR) is 55.4 cm³/mol. The van der Waals surface area contributed by atoms with Crippen LogP contribution in [0.3, 0.4) is 0 Å². The van der Waals surface area contributed by atoms with Gasteiger partial charge in [0.25, 0.3) is 0 Å². The Bertz CT molecular complexity index is 372. The maximum Gasteiger partial charge on any atom is 0.410 e. The van der Waals surface area contributed by atoms with Crippen molar-refractivity contribution in [1.29, 1.82) is 0 Å². The van der Waals surface area contributed by atoms with Crippen molar-refractivity contribution >= 4 is 6.09 Å². The Morgan fingerprint density at radius 1 is 1.20 bits per heavy atom. The first-order chi connectivity index (χ1) is 7.34. The summed E-state index contributed by atoms with van der Waals surface area (Å²) < 4.78 is 5.35. The molecule has 0 bridgehead atoms. The van der Waals surface area contributed by atoms with Crippen LogP contribution in [0.15, 0.2) is 30.3 Å². The van der Waals surface area contributed by atoms with Crippen molar-refractivity contribution in [3.8, 4) is 0 Å². The van der Waals surface area contributed by atoms with Crippen LogP contribution < -0.4 is 0 Å². The number of hydrogen-bond acceptors (Lipinski definition) is 2. The van der Waals surface area contributed by atoms with Crippen LogP contribution in [0.5, 0.6) is 0 Å². The summed E-state index contributed by atoms with van der Waals surface area (Å²) in [6.45, 7) is 0.716. The van der Waals surface area contributed by atoms with E-state index in [4.69, 9.17) is 4.74 Å². The first-order valence-electron chi connectivity index (χ1n) is 5.37. The number of rotatable bonds is 2. The van der Waals surface area contributed by atoms with Crippen molar-refractivity contribution in [2.45, 2.75) is 25.0 Å². The second-order valence-corrected chi connectivity index (χ2v) is 4.17. The van der Waals surface area contributed by atoms with Gasteiger partial charge < -0.3 is 9.64 Å². The number of ether oxygens (including phenoxy) is 1. The summed E-state index contributed by atoms with van der Waals surface area (Å²) in [6.07, 6.45) is 2.05. The minimum atomic E-state index is -0.147. The molecule has 15 heavy (non-hydrogen) atoms. The largest absolute Gasteiger partial charge is 0.439 e. The van der Waals surface area contributed by atoms with Crippen LogP contribution in [0.4, 0.5) is 4.79 Å². The van der Waals surface area contributed by atoms with E-state index in [1.807, 2.05) is 35.2 Å². The molecule has 78 valence electrons. The van der Waals surface area contributed by atoms with Crippen molar-refractivity contribution in [3.05, 3.63) is 35.9 Å². The van der Waals surface area contributed by atoms with E-state index in [0.29, 0.717) is 12.6 Å². The Hall–Kier alpha value is -1.51. The molecule has 1 aliphatic carbocycles. The lowest BCUT2D eigenvalue weighted by molar-refractivity contribution is 0.132. The quantitative estimate of drug-likeness (QED) is 0.738. The Labute approximate surface area is 88.6 Å². The molecule has 0 aromatic heterocycles. The smallest absolute Gasteiger partial charge is 0.410 e. The Balaban J connectivity index is 1.77. The fourth-order valence-corrected chi connectivity index (χ4v) is 2.01. The lowest BCUT2D eigenvalue weighted by Gasteiger charge is -2.10. The molecule has 1 aromatic carbocycles. The van der Waals surface area contributed by atoms with Gasteiger partial charge in [0.15, 0.2) is 0 Å². The van der Waals surface area contributed by atoms with Gasteiger partial charge in [-0.3, -0.25) is 0 Å². The molecule has 1 atom stereocenters. The van der Waals surface area contributed by atoms with Gasteiger partial charge in [0, 0.05) is 6.04 Å². The molecule has 1 heterocycles. The molecule has 1 aromatic rings. The summed E-state index contributed by atoms with van der Waals surface area (Å²) >= 11 is 0. The molecule has 1 amide bonds. The van der Waals surface area contributed by atoms with Gasteiger partial charge in [0.1, 0.15) is 6.10 Å². The third kappa shape index (κ3) is 1.58. The zero-order chi connectivity index (χ0) is 10.3. The number of amides is 1. The van der Waals surface area contributed by atoms with Crippen molar-refractivity contribution in [2.75, 3.05) is 6.54 Å². The van der Waals surface area contributed by atoms with Gasteiger partial charge in [-0.05, 0) is 18.4 Å². The standard InChI is InChI=1S/C12H13NO2/c14-12-13(10-6-7-10)8-11(15-12)9-4-2-1-3-5-9/h1-5,10-11H,6-8H2. The summed E-state index contributed by atoms with van der Waals surface area (Å²) in [7, 11) is 0. The van der Waals surface area contributed by atoms with E-state index < -0.39 is 0 Å². The molecule has 1 saturated heterocycles. The molecule has 1 saturated carbocycles. The van der Waals surface area contributed by atoms with Crippen LogP contribution in [-0.4, -0.2) is 23.6 Å². The molecule has 0 radical (unpaired) electrons. The zero-order valence-electron chi connectivity index (χ0n) is 8.43. The highest BCUT2D eigenvalue weighted by molar-refractivity contribution is 5.71. The van der Waals surface area contributed by atoms with Crippen LogP contribution in [0.25, 0.3) is 0 Å². The van der Waals surface area contributed by atoms with E-state index in [2.05, 4.69) is 0 Å². The van der Waals surface area contributed by atoms with E-state index in [1.54, 1.807) is 0 Å². The van der Waals surface area contributed by atoms with Crippen molar-refractivity contribution in [1.82, 2.24) is 4.90 Å². The highest BCUT2D eigenvalue weighted by atomic mass is 16.6. The molecule has 3 heteroatoms. The lowest BCUT2D eigenvalue weighted by atomic mass is 10.1. The van der Waals surface area contributed by atoms with Gasteiger partial charge in [0.05, 0.1) is 6.54 Å². The zero-order valence-corrected chi connectivity index (χ0v) is 8.43. The molecule has 2 fully saturated rings. The first-order valence-corrected chi connectivity index (χ1v) is 5.37. The van der Waals surface area contributed by atoms with Gasteiger partial charge in [-0.1, -0.05) is 30.3 Å². The van der Waals surface area contributed by atoms with Crippen molar-refractivity contribution < 1.29 is 9.53 Å². The maximum absolute atomic E-state index is 11.5. The minimum absolute atomic E-state index is 0.0701. The average molecular weight is 203 g/mol. The van der Waals surface area contributed by atoms with E-state index in [-0.39, 0.29) is 12.2 Å². The lowest BCUT2D eigenvalue weighted by Crippen LogP contribution is -2.26. The maximum atomic E-state index is 11.5. The van der Waals surface area contributed by atoms with E-state index >= 15 is 0 Å². The SMILES string of the molecule is O=C1OC(c2ccccc2)CN1C1CC1. The van der Waals surface area contributed by atoms with Gasteiger partial charge in [-0.2, -0.15) is 0 Å². The number of nitrogens with zero attached hydrogens (tertiary/aromatic N) is 1. The fourth-order valence-electron chi connectivity index (χ4n) is 2.01. The van der Waals surface area contributed by atoms with Crippen LogP contribution in [0.2, 0.25) is 0 Å². The molecule has 3 rings (SSSR count). The van der Waals surface area contributed by atoms with Gasteiger partial charge in [-0.15, -0.1) is 0 Å². The summed E-state index contributed by atoms with van der Waals surface area (Å²) in [5.74, 6) is 0. The number of benzene rings is 1. The van der Waals surface area contributed by atoms with Crippen LogP contribution in [-0.2, 0) is 4.74 Å². The third-order valence-electron chi connectivity index (χ3n) is 3.00. The van der Waals surface area contributed by atoms with Gasteiger partial charge in [-0.25, -0.2) is 4.79 Å². The molecular weight excluding hydrogens is 190 g/mol. The summed E-state index contributed by atoms with van der Waals surface area (Å²) in [6, 6.07) is 10.4. The molecule has 0 N–H and O–H groups in total. The molecule has 2 aliphatic rings. The van der Waals surface area contributed by atoms with E-state index in [1.165, 1.54) is 0 Å². The monoisotopic (exact) mass is 203 g/mol. The Morgan fingerprint density at radius 3 is 2.60 bits per heavy atom. The van der Waals surface area contributed by atoms with E-state index in [0.717, 1.165) is 18.4 Å². The molecular formula is C12H13NO2. The summed E-state index contributed by atoms with van der Waals surface area (Å²) in [5.41, 5.74) is 1.09. The van der Waals surface area contributed by atoms with E-state index in [9.17, 15) is 4.79 Å². The number of carbonyl (C=O) groups is 1. The number of hydrogen-bond donors (Lipinski definition) is 0. The number of carbonyl (C=O) groups excluding carboxylic acids is 1. The molecule has 1 aliphatic heterocycles. The second-order valence-electron chi connectivity index (χ2n) is 4.17. The van der Waals surface area contributed by atoms with Crippen molar-refractivity contribution in [2.24, 2.45) is 0 Å². The highest BCUT2D eigenvalue weighted by Gasteiger charge is 2.41. The summed E-state index contributed by atoms with van der Waals surface area (Å²) in [4.78, 5) is 13.4. The third-order valence-corrected chi connectivity index (χ3v) is 3.00. The van der Waals surface area contributed by atoms with Crippen molar-refractivity contribution in [3.63, 3.8) is 0 Å². The van der Waals surface area contributed by atoms with Crippen LogP contribution >= 0.6 is 0 Å². The average Bonchev–Trinajstić information content (AvgIpc) is 3.04. The normalized spacial score (nSPS) is 25.5. The fraction of sp³-hybridized carbons (Fsp3) is 0.417. The van der Waals surface area contributed by atoms with Gasteiger partial charge in [0.2, 0.25) is 0 Å². The predicted octanol–water partition coefficient (Wildman–Crippen LogP) is 2.34. The minimum Gasteiger partial charge on any atom is -0.439 e. The highest BCUT2D eigenvalue weighted by Crippen LogP contribution is 2.35.